The first-order chi connectivity index (χ1) is 12.5. The molecule has 1 heterocycles. The number of fused-ring (bicyclic) bond motifs is 1. The van der Waals surface area contributed by atoms with Crippen LogP contribution in [0.25, 0.3) is 0 Å². The van der Waals surface area contributed by atoms with E-state index < -0.39 is 24.2 Å². The van der Waals surface area contributed by atoms with Crippen LogP contribution >= 0.6 is 0 Å². The SMILES string of the molecule is C[C@@H]1CCCC[C@H]1NC(=O)COC(=O)CN1C(=O)C(=O)c2ccccc21. The Balaban J connectivity index is 1.51. The number of hydrogen-bond acceptors (Lipinski definition) is 5. The van der Waals surface area contributed by atoms with E-state index >= 15 is 0 Å². The summed E-state index contributed by atoms with van der Waals surface area (Å²) < 4.78 is 4.98. The summed E-state index contributed by atoms with van der Waals surface area (Å²) in [6, 6.07) is 6.59. The molecule has 1 N–H and O–H groups in total. The monoisotopic (exact) mass is 358 g/mol. The summed E-state index contributed by atoms with van der Waals surface area (Å²) >= 11 is 0. The predicted molar refractivity (Wildman–Crippen MR) is 93.6 cm³/mol. The minimum absolute atomic E-state index is 0.111. The van der Waals surface area contributed by atoms with Crippen LogP contribution in [0.15, 0.2) is 24.3 Å². The van der Waals surface area contributed by atoms with Crippen LogP contribution in [-0.2, 0) is 19.1 Å². The molecule has 138 valence electrons. The van der Waals surface area contributed by atoms with Crippen molar-refractivity contribution in [1.82, 2.24) is 5.32 Å². The maximum absolute atomic E-state index is 12.0. The van der Waals surface area contributed by atoms with Gasteiger partial charge >= 0.3 is 5.97 Å². The Kier molecular flexibility index (Phi) is 5.35. The van der Waals surface area contributed by atoms with Gasteiger partial charge in [0.15, 0.2) is 6.61 Å². The van der Waals surface area contributed by atoms with Crippen molar-refractivity contribution in [3.63, 3.8) is 0 Å². The first kappa shape index (κ1) is 18.1. The molecule has 2 aliphatic rings. The summed E-state index contributed by atoms with van der Waals surface area (Å²) in [7, 11) is 0. The molecule has 7 nitrogen and oxygen atoms in total. The Hall–Kier alpha value is -2.70. The molecule has 7 heteroatoms. The van der Waals surface area contributed by atoms with Crippen molar-refractivity contribution < 1.29 is 23.9 Å². The van der Waals surface area contributed by atoms with Crippen LogP contribution in [0, 0.1) is 5.92 Å². The summed E-state index contributed by atoms with van der Waals surface area (Å²) in [4.78, 5) is 49.0. The normalized spacial score (nSPS) is 22.1. The summed E-state index contributed by atoms with van der Waals surface area (Å²) in [5.74, 6) is -2.06. The molecule has 0 unspecified atom stereocenters. The highest BCUT2D eigenvalue weighted by Crippen LogP contribution is 2.28. The minimum Gasteiger partial charge on any atom is -0.454 e. The van der Waals surface area contributed by atoms with Gasteiger partial charge in [0, 0.05) is 6.04 Å². The zero-order valence-electron chi connectivity index (χ0n) is 14.7. The average Bonchev–Trinajstić information content (AvgIpc) is 2.87. The number of para-hydroxylation sites is 1. The van der Waals surface area contributed by atoms with E-state index in [9.17, 15) is 19.2 Å². The number of ketones is 1. The molecule has 26 heavy (non-hydrogen) atoms. The largest absolute Gasteiger partial charge is 0.454 e. The number of esters is 1. The number of Topliss-reactive ketones (excluding diaryl/α,β-unsaturated/α-hetero) is 1. The fourth-order valence-electron chi connectivity index (χ4n) is 3.51. The van der Waals surface area contributed by atoms with Crippen molar-refractivity contribution in [1.29, 1.82) is 0 Å². The Morgan fingerprint density at radius 1 is 1.19 bits per heavy atom. The van der Waals surface area contributed by atoms with Gasteiger partial charge in [-0.15, -0.1) is 0 Å². The number of amides is 2. The number of benzene rings is 1. The second kappa shape index (κ2) is 7.68. The van der Waals surface area contributed by atoms with Gasteiger partial charge in [0.25, 0.3) is 17.6 Å². The first-order valence-corrected chi connectivity index (χ1v) is 8.87. The molecule has 0 saturated heterocycles. The molecule has 2 atom stereocenters. The molecule has 1 fully saturated rings. The summed E-state index contributed by atoms with van der Waals surface area (Å²) in [6.45, 7) is 1.32. The van der Waals surface area contributed by atoms with Crippen molar-refractivity contribution in [3.05, 3.63) is 29.8 Å². The molecule has 1 aliphatic heterocycles. The van der Waals surface area contributed by atoms with E-state index in [-0.39, 0.29) is 24.1 Å². The molecule has 1 aromatic rings. The lowest BCUT2D eigenvalue weighted by atomic mass is 9.86. The third-order valence-corrected chi connectivity index (χ3v) is 4.99. The smallest absolute Gasteiger partial charge is 0.326 e. The highest BCUT2D eigenvalue weighted by Gasteiger charge is 2.36. The number of hydrogen-bond donors (Lipinski definition) is 1. The highest BCUT2D eigenvalue weighted by atomic mass is 16.5. The summed E-state index contributed by atoms with van der Waals surface area (Å²) in [5.41, 5.74) is 0.661. The minimum atomic E-state index is -0.761. The molecular formula is C19H22N2O5. The fourth-order valence-corrected chi connectivity index (χ4v) is 3.51. The van der Waals surface area contributed by atoms with Gasteiger partial charge in [-0.1, -0.05) is 31.9 Å². The van der Waals surface area contributed by atoms with E-state index in [1.54, 1.807) is 24.3 Å². The lowest BCUT2D eigenvalue weighted by Gasteiger charge is -2.29. The van der Waals surface area contributed by atoms with E-state index in [1.807, 2.05) is 0 Å². The maximum Gasteiger partial charge on any atom is 0.326 e. The number of carbonyl (C=O) groups excluding carboxylic acids is 4. The number of anilines is 1. The predicted octanol–water partition coefficient (Wildman–Crippen LogP) is 1.45. The molecule has 0 aromatic heterocycles. The summed E-state index contributed by atoms with van der Waals surface area (Å²) in [6.07, 6.45) is 4.27. The van der Waals surface area contributed by atoms with Gasteiger partial charge in [-0.2, -0.15) is 0 Å². The van der Waals surface area contributed by atoms with Gasteiger partial charge in [-0.25, -0.2) is 0 Å². The van der Waals surface area contributed by atoms with Crippen LogP contribution in [0.5, 0.6) is 0 Å². The molecule has 0 bridgehead atoms. The van der Waals surface area contributed by atoms with Crippen molar-refractivity contribution >= 4 is 29.3 Å². The van der Waals surface area contributed by atoms with E-state index in [1.165, 1.54) is 6.42 Å². The molecule has 2 amide bonds. The number of rotatable bonds is 5. The summed E-state index contributed by atoms with van der Waals surface area (Å²) in [5, 5.41) is 2.90. The molecule has 1 aromatic carbocycles. The maximum atomic E-state index is 12.0. The van der Waals surface area contributed by atoms with E-state index in [2.05, 4.69) is 12.2 Å². The second-order valence-electron chi connectivity index (χ2n) is 6.83. The van der Waals surface area contributed by atoms with E-state index in [4.69, 9.17) is 4.74 Å². The lowest BCUT2D eigenvalue weighted by Crippen LogP contribution is -2.43. The fraction of sp³-hybridized carbons (Fsp3) is 0.474. The van der Waals surface area contributed by atoms with Crippen LogP contribution in [0.2, 0.25) is 0 Å². The third-order valence-electron chi connectivity index (χ3n) is 4.99. The molecule has 3 rings (SSSR count). The van der Waals surface area contributed by atoms with Gasteiger partial charge in [0.2, 0.25) is 0 Å². The molecule has 1 aliphatic carbocycles. The number of ether oxygens (including phenoxy) is 1. The van der Waals surface area contributed by atoms with E-state index in [0.717, 1.165) is 24.2 Å². The van der Waals surface area contributed by atoms with Gasteiger partial charge in [0.05, 0.1) is 11.3 Å². The highest BCUT2D eigenvalue weighted by molar-refractivity contribution is 6.52. The van der Waals surface area contributed by atoms with Gasteiger partial charge in [-0.3, -0.25) is 24.1 Å². The number of nitrogens with zero attached hydrogens (tertiary/aromatic N) is 1. The Morgan fingerprint density at radius 3 is 2.69 bits per heavy atom. The average molecular weight is 358 g/mol. The van der Waals surface area contributed by atoms with Gasteiger partial charge in [-0.05, 0) is 30.9 Å². The molecule has 1 saturated carbocycles. The van der Waals surface area contributed by atoms with Crippen molar-refractivity contribution in [2.24, 2.45) is 5.92 Å². The van der Waals surface area contributed by atoms with Gasteiger partial charge in [0.1, 0.15) is 6.54 Å². The Morgan fingerprint density at radius 2 is 1.92 bits per heavy atom. The quantitative estimate of drug-likeness (QED) is 0.635. The van der Waals surface area contributed by atoms with Crippen molar-refractivity contribution in [3.8, 4) is 0 Å². The third kappa shape index (κ3) is 3.76. The number of carbonyl (C=O) groups is 4. The van der Waals surface area contributed by atoms with E-state index in [0.29, 0.717) is 11.6 Å². The molecular weight excluding hydrogens is 336 g/mol. The van der Waals surface area contributed by atoms with Crippen LogP contribution in [0.4, 0.5) is 5.69 Å². The zero-order chi connectivity index (χ0) is 18.7. The lowest BCUT2D eigenvalue weighted by molar-refractivity contribution is -0.147. The Bertz CT molecular complexity index is 745. The Labute approximate surface area is 151 Å². The van der Waals surface area contributed by atoms with Crippen LogP contribution in [0.1, 0.15) is 43.0 Å². The second-order valence-corrected chi connectivity index (χ2v) is 6.83. The zero-order valence-corrected chi connectivity index (χ0v) is 14.7. The van der Waals surface area contributed by atoms with Gasteiger partial charge < -0.3 is 10.1 Å². The van der Waals surface area contributed by atoms with Crippen molar-refractivity contribution in [2.75, 3.05) is 18.1 Å². The topological polar surface area (TPSA) is 92.8 Å². The van der Waals surface area contributed by atoms with Crippen LogP contribution in [-0.4, -0.2) is 42.8 Å². The number of nitrogens with one attached hydrogen (secondary N) is 1. The molecule has 0 spiro atoms. The van der Waals surface area contributed by atoms with Crippen LogP contribution in [0.3, 0.4) is 0 Å². The standard InChI is InChI=1S/C19H22N2O5/c1-12-6-2-4-8-14(12)20-16(22)11-26-17(23)10-21-15-9-5-3-7-13(15)18(24)19(21)25/h3,5,7,9,12,14H,2,4,6,8,10-11H2,1H3,(H,20,22)/t12-,14-/m1/s1. The van der Waals surface area contributed by atoms with Crippen molar-refractivity contribution in [2.45, 2.75) is 38.6 Å². The van der Waals surface area contributed by atoms with Crippen LogP contribution < -0.4 is 10.2 Å². The molecule has 0 radical (unpaired) electrons. The first-order valence-electron chi connectivity index (χ1n) is 8.87.